The molecule has 0 aromatic rings. The first-order chi connectivity index (χ1) is 9.30. The van der Waals surface area contributed by atoms with Crippen LogP contribution in [0.1, 0.15) is 90.4 Å². The molecule has 112 valence electrons. The molecule has 2 fully saturated rings. The van der Waals surface area contributed by atoms with E-state index in [-0.39, 0.29) is 0 Å². The number of unbranched alkanes of at least 4 members (excludes halogenated alkanes) is 7. The van der Waals surface area contributed by atoms with Crippen molar-refractivity contribution in [2.75, 3.05) is 5.88 Å². The number of hydrogen-bond donors (Lipinski definition) is 0. The summed E-state index contributed by atoms with van der Waals surface area (Å²) in [6, 6.07) is 0. The van der Waals surface area contributed by atoms with Gasteiger partial charge in [0, 0.05) is 5.88 Å². The molecule has 0 spiro atoms. The van der Waals surface area contributed by atoms with E-state index in [2.05, 4.69) is 6.92 Å². The van der Waals surface area contributed by atoms with Gasteiger partial charge >= 0.3 is 0 Å². The maximum atomic E-state index is 6.36. The first-order valence-electron chi connectivity index (χ1n) is 8.86. The van der Waals surface area contributed by atoms with E-state index in [0.29, 0.717) is 5.41 Å². The minimum atomic E-state index is 0.562. The molecule has 2 rings (SSSR count). The summed E-state index contributed by atoms with van der Waals surface area (Å²) in [5, 5.41) is 0. The fourth-order valence-electron chi connectivity index (χ4n) is 4.71. The van der Waals surface area contributed by atoms with Crippen LogP contribution in [0.15, 0.2) is 0 Å². The van der Waals surface area contributed by atoms with Crippen LogP contribution in [-0.4, -0.2) is 5.88 Å². The maximum absolute atomic E-state index is 6.36. The van der Waals surface area contributed by atoms with Gasteiger partial charge in [0.2, 0.25) is 0 Å². The van der Waals surface area contributed by atoms with E-state index in [1.54, 1.807) is 0 Å². The lowest BCUT2D eigenvalue weighted by Gasteiger charge is -2.36. The van der Waals surface area contributed by atoms with Crippen molar-refractivity contribution in [3.63, 3.8) is 0 Å². The van der Waals surface area contributed by atoms with Crippen LogP contribution in [0.3, 0.4) is 0 Å². The molecule has 0 nitrogen and oxygen atoms in total. The number of fused-ring (bicyclic) bond motifs is 2. The van der Waals surface area contributed by atoms with Gasteiger partial charge in [-0.25, -0.2) is 0 Å². The van der Waals surface area contributed by atoms with Crippen LogP contribution in [0.25, 0.3) is 0 Å². The molecule has 2 bridgehead atoms. The first-order valence-corrected chi connectivity index (χ1v) is 9.40. The minimum Gasteiger partial charge on any atom is -0.126 e. The Morgan fingerprint density at radius 1 is 0.947 bits per heavy atom. The molecule has 0 saturated heterocycles. The minimum absolute atomic E-state index is 0.562. The monoisotopic (exact) mass is 284 g/mol. The molecule has 0 amide bonds. The first kappa shape index (κ1) is 15.7. The second kappa shape index (κ2) is 7.91. The topological polar surface area (TPSA) is 0 Å². The lowest BCUT2D eigenvalue weighted by atomic mass is 9.71. The molecule has 3 unspecified atom stereocenters. The Morgan fingerprint density at radius 2 is 1.63 bits per heavy atom. The van der Waals surface area contributed by atoms with E-state index in [4.69, 9.17) is 11.6 Å². The number of rotatable bonds is 10. The Balaban J connectivity index is 1.55. The number of alkyl halides is 1. The molecular formula is C18H33Cl. The van der Waals surface area contributed by atoms with Crippen molar-refractivity contribution >= 4 is 11.6 Å². The smallest absolute Gasteiger partial charge is 0.0282 e. The third kappa shape index (κ3) is 4.13. The largest absolute Gasteiger partial charge is 0.126 e. The predicted octanol–water partition coefficient (Wildman–Crippen LogP) is 6.56. The van der Waals surface area contributed by atoms with Gasteiger partial charge in [-0.2, -0.15) is 0 Å². The molecule has 0 N–H and O–H groups in total. The SMILES string of the molecule is CCCCCCCCCCC1(CCl)CC2CCC1C2. The highest BCUT2D eigenvalue weighted by atomic mass is 35.5. The van der Waals surface area contributed by atoms with Gasteiger partial charge in [-0.15, -0.1) is 11.6 Å². The van der Waals surface area contributed by atoms with E-state index < -0.39 is 0 Å². The summed E-state index contributed by atoms with van der Waals surface area (Å²) in [6.07, 6.45) is 18.9. The van der Waals surface area contributed by atoms with Crippen LogP contribution >= 0.6 is 11.6 Å². The Morgan fingerprint density at radius 3 is 2.16 bits per heavy atom. The number of halogens is 1. The summed E-state index contributed by atoms with van der Waals surface area (Å²) in [7, 11) is 0. The average molecular weight is 285 g/mol. The summed E-state index contributed by atoms with van der Waals surface area (Å²) in [5.74, 6) is 2.96. The van der Waals surface area contributed by atoms with Crippen LogP contribution in [-0.2, 0) is 0 Å². The molecule has 0 heterocycles. The molecule has 19 heavy (non-hydrogen) atoms. The summed E-state index contributed by atoms with van der Waals surface area (Å²) < 4.78 is 0. The molecular weight excluding hydrogens is 252 g/mol. The van der Waals surface area contributed by atoms with E-state index in [1.807, 2.05) is 0 Å². The van der Waals surface area contributed by atoms with Gasteiger partial charge in [0.25, 0.3) is 0 Å². The van der Waals surface area contributed by atoms with Gasteiger partial charge in [-0.05, 0) is 42.9 Å². The van der Waals surface area contributed by atoms with Crippen LogP contribution in [0.4, 0.5) is 0 Å². The fraction of sp³-hybridized carbons (Fsp3) is 1.00. The third-order valence-corrected chi connectivity index (χ3v) is 6.43. The van der Waals surface area contributed by atoms with Crippen molar-refractivity contribution in [1.82, 2.24) is 0 Å². The van der Waals surface area contributed by atoms with E-state index in [9.17, 15) is 0 Å². The average Bonchev–Trinajstić information content (AvgIpc) is 3.03. The molecule has 2 aliphatic rings. The van der Waals surface area contributed by atoms with Gasteiger partial charge in [-0.1, -0.05) is 64.7 Å². The fourth-order valence-corrected chi connectivity index (χ4v) is 5.17. The van der Waals surface area contributed by atoms with Crippen molar-refractivity contribution in [3.05, 3.63) is 0 Å². The second-order valence-corrected chi connectivity index (χ2v) is 7.57. The summed E-state index contributed by atoms with van der Waals surface area (Å²) in [4.78, 5) is 0. The molecule has 0 radical (unpaired) electrons. The van der Waals surface area contributed by atoms with E-state index in [0.717, 1.165) is 17.7 Å². The third-order valence-electron chi connectivity index (χ3n) is 5.90. The quantitative estimate of drug-likeness (QED) is 0.315. The lowest BCUT2D eigenvalue weighted by molar-refractivity contribution is 0.172. The predicted molar refractivity (Wildman–Crippen MR) is 85.8 cm³/mol. The normalized spacial score (nSPS) is 33.2. The van der Waals surface area contributed by atoms with Gasteiger partial charge in [0.15, 0.2) is 0 Å². The second-order valence-electron chi connectivity index (χ2n) is 7.30. The molecule has 0 aromatic heterocycles. The highest BCUT2D eigenvalue weighted by Crippen LogP contribution is 2.58. The Bertz CT molecular complexity index is 250. The molecule has 3 atom stereocenters. The maximum Gasteiger partial charge on any atom is 0.0282 e. The lowest BCUT2D eigenvalue weighted by Crippen LogP contribution is -2.29. The molecule has 2 aliphatic carbocycles. The summed E-state index contributed by atoms with van der Waals surface area (Å²) in [6.45, 7) is 2.29. The van der Waals surface area contributed by atoms with Gasteiger partial charge in [-0.3, -0.25) is 0 Å². The van der Waals surface area contributed by atoms with Crippen LogP contribution < -0.4 is 0 Å². The Hall–Kier alpha value is 0.290. The highest BCUT2D eigenvalue weighted by Gasteiger charge is 2.49. The zero-order valence-electron chi connectivity index (χ0n) is 12.9. The summed E-state index contributed by atoms with van der Waals surface area (Å²) in [5.41, 5.74) is 0.562. The van der Waals surface area contributed by atoms with Crippen molar-refractivity contribution in [2.24, 2.45) is 17.3 Å². The molecule has 0 aromatic carbocycles. The van der Waals surface area contributed by atoms with Crippen LogP contribution in [0, 0.1) is 17.3 Å². The van der Waals surface area contributed by atoms with Gasteiger partial charge in [0.05, 0.1) is 0 Å². The molecule has 0 aliphatic heterocycles. The Labute approximate surface area is 125 Å². The van der Waals surface area contributed by atoms with Crippen molar-refractivity contribution in [3.8, 4) is 0 Å². The van der Waals surface area contributed by atoms with E-state index in [1.165, 1.54) is 83.5 Å². The van der Waals surface area contributed by atoms with E-state index >= 15 is 0 Å². The van der Waals surface area contributed by atoms with Crippen molar-refractivity contribution < 1.29 is 0 Å². The highest BCUT2D eigenvalue weighted by molar-refractivity contribution is 6.18. The summed E-state index contributed by atoms with van der Waals surface area (Å²) >= 11 is 6.36. The van der Waals surface area contributed by atoms with Crippen LogP contribution in [0.2, 0.25) is 0 Å². The molecule has 2 saturated carbocycles. The van der Waals surface area contributed by atoms with Crippen molar-refractivity contribution in [1.29, 1.82) is 0 Å². The standard InChI is InChI=1S/C18H33Cl/c1-2-3-4-5-6-7-8-9-12-18(15-19)14-16-10-11-17(18)13-16/h16-17H,2-15H2,1H3. The zero-order valence-corrected chi connectivity index (χ0v) is 13.7. The number of hydrogen-bond acceptors (Lipinski definition) is 0. The zero-order chi connectivity index (χ0) is 13.6. The van der Waals surface area contributed by atoms with Crippen molar-refractivity contribution in [2.45, 2.75) is 90.4 Å². The molecule has 1 heteroatoms. The Kier molecular flexibility index (Phi) is 6.53. The van der Waals surface area contributed by atoms with Crippen LogP contribution in [0.5, 0.6) is 0 Å². The van der Waals surface area contributed by atoms with Gasteiger partial charge < -0.3 is 0 Å². The van der Waals surface area contributed by atoms with Gasteiger partial charge in [0.1, 0.15) is 0 Å².